The number of hydrogen-bond donors (Lipinski definition) is 0. The zero-order valence-electron chi connectivity index (χ0n) is 18.9. The average Bonchev–Trinajstić information content (AvgIpc) is 3.12. The van der Waals surface area contributed by atoms with Crippen molar-refractivity contribution in [3.05, 3.63) is 48.5 Å². The van der Waals surface area contributed by atoms with Crippen LogP contribution in [0.4, 0.5) is 0 Å². The number of imidazole rings is 1. The highest BCUT2D eigenvalue weighted by atomic mass is 32.2. The first-order valence-electron chi connectivity index (χ1n) is 11.3. The van der Waals surface area contributed by atoms with Gasteiger partial charge in [-0.25, -0.2) is 4.98 Å². The lowest BCUT2D eigenvalue weighted by molar-refractivity contribution is -0.156. The normalized spacial score (nSPS) is 21.5. The third kappa shape index (κ3) is 4.82. The van der Waals surface area contributed by atoms with Crippen LogP contribution in [0, 0.1) is 17.8 Å². The Labute approximate surface area is 189 Å². The van der Waals surface area contributed by atoms with E-state index in [0.29, 0.717) is 17.8 Å². The number of thioether (sulfide) groups is 1. The zero-order valence-corrected chi connectivity index (χ0v) is 19.7. The molecule has 3 unspecified atom stereocenters. The molecule has 1 heterocycles. The van der Waals surface area contributed by atoms with E-state index in [0.717, 1.165) is 35.3 Å². The van der Waals surface area contributed by atoms with Crippen LogP contribution < -0.4 is 0 Å². The van der Waals surface area contributed by atoms with Gasteiger partial charge in [-0.05, 0) is 61.1 Å². The Kier molecular flexibility index (Phi) is 6.71. The van der Waals surface area contributed by atoms with Gasteiger partial charge in [-0.2, -0.15) is 0 Å². The fourth-order valence-electron chi connectivity index (χ4n) is 4.78. The number of benzene rings is 2. The lowest BCUT2D eigenvalue weighted by Crippen LogP contribution is -2.36. The van der Waals surface area contributed by atoms with Crippen LogP contribution in [0.2, 0.25) is 0 Å². The van der Waals surface area contributed by atoms with E-state index in [1.54, 1.807) is 11.8 Å². The third-order valence-corrected chi connectivity index (χ3v) is 7.28. The number of carbonyl (C=O) groups is 1. The molecule has 5 heteroatoms. The molecule has 1 aliphatic rings. The van der Waals surface area contributed by atoms with Crippen molar-refractivity contribution in [1.29, 1.82) is 0 Å². The quantitative estimate of drug-likeness (QED) is 0.330. The largest absolute Gasteiger partial charge is 0.461 e. The summed E-state index contributed by atoms with van der Waals surface area (Å²) in [5.74, 6) is 2.20. The average molecular weight is 437 g/mol. The molecule has 0 spiro atoms. The smallest absolute Gasteiger partial charge is 0.326 e. The number of ether oxygens (including phenoxy) is 1. The first-order valence-corrected chi connectivity index (χ1v) is 12.5. The predicted octanol–water partition coefficient (Wildman–Crippen LogP) is 6.43. The van der Waals surface area contributed by atoms with Crippen LogP contribution in [0.15, 0.2) is 53.4 Å². The van der Waals surface area contributed by atoms with Crippen LogP contribution in [-0.4, -0.2) is 27.9 Å². The molecule has 164 valence electrons. The molecular formula is C26H32N2O2S. The Balaban J connectivity index is 1.61. The van der Waals surface area contributed by atoms with E-state index in [-0.39, 0.29) is 18.6 Å². The first-order chi connectivity index (χ1) is 15.0. The Bertz CT molecular complexity index is 1040. The van der Waals surface area contributed by atoms with E-state index in [1.165, 1.54) is 11.3 Å². The van der Waals surface area contributed by atoms with Crippen LogP contribution in [0.3, 0.4) is 0 Å². The van der Waals surface area contributed by atoms with Crippen molar-refractivity contribution in [2.24, 2.45) is 17.8 Å². The molecule has 3 atom stereocenters. The highest BCUT2D eigenvalue weighted by molar-refractivity contribution is 7.98. The van der Waals surface area contributed by atoms with Crippen LogP contribution in [0.25, 0.3) is 22.4 Å². The van der Waals surface area contributed by atoms with Crippen LogP contribution in [-0.2, 0) is 16.1 Å². The van der Waals surface area contributed by atoms with E-state index in [1.807, 2.05) is 28.8 Å². The zero-order chi connectivity index (χ0) is 22.0. The monoisotopic (exact) mass is 436 g/mol. The lowest BCUT2D eigenvalue weighted by Gasteiger charge is -2.36. The summed E-state index contributed by atoms with van der Waals surface area (Å²) in [6, 6.07) is 16.3. The topological polar surface area (TPSA) is 44.1 Å². The molecule has 31 heavy (non-hydrogen) atoms. The summed E-state index contributed by atoms with van der Waals surface area (Å²) >= 11 is 1.71. The van der Waals surface area contributed by atoms with Gasteiger partial charge >= 0.3 is 5.97 Å². The van der Waals surface area contributed by atoms with E-state index in [9.17, 15) is 4.79 Å². The van der Waals surface area contributed by atoms with Gasteiger partial charge in [0.25, 0.3) is 0 Å². The second-order valence-electron chi connectivity index (χ2n) is 9.09. The number of aromatic nitrogens is 2. The number of hydrogen-bond acceptors (Lipinski definition) is 4. The molecule has 1 saturated carbocycles. The minimum absolute atomic E-state index is 0.00958. The molecule has 0 N–H and O–H groups in total. The van der Waals surface area contributed by atoms with Crippen LogP contribution in [0.5, 0.6) is 0 Å². The maximum atomic E-state index is 13.1. The molecule has 4 nitrogen and oxygen atoms in total. The molecule has 2 aromatic carbocycles. The molecule has 4 rings (SSSR count). The second kappa shape index (κ2) is 9.47. The Morgan fingerprint density at radius 3 is 2.61 bits per heavy atom. The Morgan fingerprint density at radius 2 is 1.90 bits per heavy atom. The number of para-hydroxylation sites is 2. The molecule has 1 aromatic heterocycles. The van der Waals surface area contributed by atoms with Gasteiger partial charge in [0.2, 0.25) is 0 Å². The molecule has 0 amide bonds. The fraction of sp³-hybridized carbons (Fsp3) is 0.462. The summed E-state index contributed by atoms with van der Waals surface area (Å²) in [5.41, 5.74) is 2.86. The molecule has 1 fully saturated rings. The summed E-state index contributed by atoms with van der Waals surface area (Å²) < 4.78 is 8.10. The lowest BCUT2D eigenvalue weighted by atomic mass is 9.75. The van der Waals surface area contributed by atoms with Crippen molar-refractivity contribution < 1.29 is 9.53 Å². The van der Waals surface area contributed by atoms with Gasteiger partial charge in [0.1, 0.15) is 18.5 Å². The van der Waals surface area contributed by atoms with Gasteiger partial charge in [0.15, 0.2) is 0 Å². The van der Waals surface area contributed by atoms with Gasteiger partial charge in [-0.15, -0.1) is 11.8 Å². The second-order valence-corrected chi connectivity index (χ2v) is 9.97. The van der Waals surface area contributed by atoms with Gasteiger partial charge in [-0.1, -0.05) is 51.5 Å². The standard InChI is InChI=1S/C26H32N2O2S/c1-17(2)21-14-9-18(3)15-24(21)30-25(29)16-28-23-8-6-5-7-22(23)27-26(28)19-10-12-20(31-4)13-11-19/h5-8,10-13,17-18,21,24H,9,14-16H2,1-4H3. The molecule has 0 aliphatic heterocycles. The highest BCUT2D eigenvalue weighted by Gasteiger charge is 2.33. The number of rotatable bonds is 6. The van der Waals surface area contributed by atoms with Crippen LogP contribution >= 0.6 is 11.8 Å². The fourth-order valence-corrected chi connectivity index (χ4v) is 5.19. The summed E-state index contributed by atoms with van der Waals surface area (Å²) in [4.78, 5) is 19.2. The third-order valence-electron chi connectivity index (χ3n) is 6.53. The molecule has 3 aromatic rings. The summed E-state index contributed by atoms with van der Waals surface area (Å²) in [7, 11) is 0. The van der Waals surface area contributed by atoms with Gasteiger partial charge < -0.3 is 9.30 Å². The van der Waals surface area contributed by atoms with Crippen molar-refractivity contribution in [1.82, 2.24) is 9.55 Å². The van der Waals surface area contributed by atoms with E-state index in [2.05, 4.69) is 51.3 Å². The Morgan fingerprint density at radius 1 is 1.16 bits per heavy atom. The van der Waals surface area contributed by atoms with Gasteiger partial charge in [-0.3, -0.25) is 4.79 Å². The van der Waals surface area contributed by atoms with E-state index >= 15 is 0 Å². The number of fused-ring (bicyclic) bond motifs is 1. The van der Waals surface area contributed by atoms with Crippen LogP contribution in [0.1, 0.15) is 40.0 Å². The molecular weight excluding hydrogens is 404 g/mol. The van der Waals surface area contributed by atoms with Crippen molar-refractivity contribution in [2.75, 3.05) is 6.26 Å². The van der Waals surface area contributed by atoms with Crippen molar-refractivity contribution in [2.45, 2.75) is 57.6 Å². The SMILES string of the molecule is CSc1ccc(-c2nc3ccccc3n2CC(=O)OC2CC(C)CCC2C(C)C)cc1. The van der Waals surface area contributed by atoms with Crippen molar-refractivity contribution in [3.8, 4) is 11.4 Å². The van der Waals surface area contributed by atoms with Crippen molar-refractivity contribution in [3.63, 3.8) is 0 Å². The van der Waals surface area contributed by atoms with Gasteiger partial charge in [0, 0.05) is 10.5 Å². The molecule has 0 bridgehead atoms. The summed E-state index contributed by atoms with van der Waals surface area (Å²) in [5, 5.41) is 0. The maximum absolute atomic E-state index is 13.1. The molecule has 1 aliphatic carbocycles. The van der Waals surface area contributed by atoms with E-state index in [4.69, 9.17) is 9.72 Å². The van der Waals surface area contributed by atoms with E-state index < -0.39 is 0 Å². The predicted molar refractivity (Wildman–Crippen MR) is 128 cm³/mol. The van der Waals surface area contributed by atoms with Crippen molar-refractivity contribution >= 4 is 28.8 Å². The summed E-state index contributed by atoms with van der Waals surface area (Å²) in [6.45, 7) is 6.91. The minimum atomic E-state index is -0.171. The molecule has 0 saturated heterocycles. The number of carbonyl (C=O) groups excluding carboxylic acids is 1. The maximum Gasteiger partial charge on any atom is 0.326 e. The minimum Gasteiger partial charge on any atom is -0.461 e. The number of esters is 1. The van der Waals surface area contributed by atoms with Gasteiger partial charge in [0.05, 0.1) is 11.0 Å². The Hall–Kier alpha value is -2.27. The number of nitrogens with zero attached hydrogens (tertiary/aromatic N) is 2. The first kappa shape index (κ1) is 21.9. The molecule has 0 radical (unpaired) electrons. The highest BCUT2D eigenvalue weighted by Crippen LogP contribution is 2.35. The summed E-state index contributed by atoms with van der Waals surface area (Å²) in [6.07, 6.45) is 5.39.